The van der Waals surface area contributed by atoms with Crippen LogP contribution in [0.4, 0.5) is 14.5 Å². The van der Waals surface area contributed by atoms with Gasteiger partial charge in [0.1, 0.15) is 5.69 Å². The maximum absolute atomic E-state index is 12.1. The number of nitrogens with one attached hydrogen (secondary N) is 1. The number of nitrogens with two attached hydrogens (primary N) is 1. The Labute approximate surface area is 71.4 Å². The second-order valence-corrected chi connectivity index (χ2v) is 2.34. The predicted octanol–water partition coefficient (Wildman–Crippen LogP) is 0.707. The smallest absolute Gasteiger partial charge is 0.269 e. The molecule has 0 atom stereocenters. The van der Waals surface area contributed by atoms with Crippen molar-refractivity contribution < 1.29 is 13.6 Å². The molecule has 6 heteroatoms. The number of rotatable bonds is 2. The largest absolute Gasteiger partial charge is 0.397 e. The van der Waals surface area contributed by atoms with E-state index in [1.807, 2.05) is 4.98 Å². The van der Waals surface area contributed by atoms with Crippen molar-refractivity contribution in [2.24, 2.45) is 0 Å². The van der Waals surface area contributed by atoms with E-state index < -0.39 is 17.5 Å². The van der Waals surface area contributed by atoms with Crippen molar-refractivity contribution in [3.8, 4) is 0 Å². The third-order valence-electron chi connectivity index (χ3n) is 1.49. The van der Waals surface area contributed by atoms with E-state index in [1.54, 1.807) is 0 Å². The van der Waals surface area contributed by atoms with Crippen LogP contribution in [0, 0.1) is 0 Å². The lowest BCUT2D eigenvalue weighted by atomic mass is 10.2. The molecule has 0 aliphatic rings. The van der Waals surface area contributed by atoms with Crippen LogP contribution in [0.25, 0.3) is 0 Å². The molecule has 70 valence electrons. The number of nitrogen functional groups attached to an aromatic ring is 1. The third kappa shape index (κ3) is 1.71. The summed E-state index contributed by atoms with van der Waals surface area (Å²) >= 11 is 0. The number of alkyl halides is 2. The number of carbonyl (C=O) groups is 1. The predicted molar refractivity (Wildman–Crippen MR) is 41.8 cm³/mol. The zero-order valence-corrected chi connectivity index (χ0v) is 6.38. The SMILES string of the molecule is Nc1cc(C(F)F)c(=O)[nH]c1C=O. The number of hydrogen-bond acceptors (Lipinski definition) is 3. The van der Waals surface area contributed by atoms with Gasteiger partial charge in [-0.25, -0.2) is 8.78 Å². The number of anilines is 1. The number of carbonyl (C=O) groups excluding carboxylic acids is 1. The summed E-state index contributed by atoms with van der Waals surface area (Å²) in [5.74, 6) is 0. The zero-order chi connectivity index (χ0) is 10.0. The molecule has 0 fully saturated rings. The Hall–Kier alpha value is -1.72. The molecule has 0 spiro atoms. The summed E-state index contributed by atoms with van der Waals surface area (Å²) in [7, 11) is 0. The highest BCUT2D eigenvalue weighted by atomic mass is 19.3. The Bertz CT molecular complexity index is 387. The van der Waals surface area contributed by atoms with Crippen molar-refractivity contribution in [2.75, 3.05) is 5.73 Å². The molecule has 1 heterocycles. The highest BCUT2D eigenvalue weighted by molar-refractivity contribution is 5.80. The van der Waals surface area contributed by atoms with Gasteiger partial charge in [0.05, 0.1) is 11.3 Å². The molecule has 3 N–H and O–H groups in total. The molecule has 4 nitrogen and oxygen atoms in total. The van der Waals surface area contributed by atoms with Crippen molar-refractivity contribution in [2.45, 2.75) is 6.43 Å². The lowest BCUT2D eigenvalue weighted by Gasteiger charge is -2.01. The molecular formula is C7H6F2N2O2. The Morgan fingerprint density at radius 1 is 1.54 bits per heavy atom. The molecule has 1 aromatic heterocycles. The van der Waals surface area contributed by atoms with Crippen LogP contribution in [0.2, 0.25) is 0 Å². The molecule has 0 radical (unpaired) electrons. The first-order valence-corrected chi connectivity index (χ1v) is 3.32. The van der Waals surface area contributed by atoms with Crippen molar-refractivity contribution in [1.82, 2.24) is 4.98 Å². The molecule has 0 aliphatic carbocycles. The number of pyridine rings is 1. The number of halogens is 2. The summed E-state index contributed by atoms with van der Waals surface area (Å²) in [6.45, 7) is 0. The van der Waals surface area contributed by atoms with Gasteiger partial charge in [-0.3, -0.25) is 9.59 Å². The summed E-state index contributed by atoms with van der Waals surface area (Å²) in [5.41, 5.74) is 3.13. The Balaban J connectivity index is 3.37. The van der Waals surface area contributed by atoms with Gasteiger partial charge in [-0.05, 0) is 6.07 Å². The first-order valence-electron chi connectivity index (χ1n) is 3.32. The topological polar surface area (TPSA) is 76.0 Å². The van der Waals surface area contributed by atoms with Gasteiger partial charge >= 0.3 is 0 Å². The lowest BCUT2D eigenvalue weighted by molar-refractivity contribution is 0.111. The van der Waals surface area contributed by atoms with Crippen LogP contribution in [0.5, 0.6) is 0 Å². The van der Waals surface area contributed by atoms with Crippen molar-refractivity contribution in [1.29, 1.82) is 0 Å². The number of H-pyrrole nitrogens is 1. The summed E-state index contributed by atoms with van der Waals surface area (Å²) in [6, 6.07) is 0.799. The van der Waals surface area contributed by atoms with E-state index in [0.29, 0.717) is 6.29 Å². The van der Waals surface area contributed by atoms with E-state index in [4.69, 9.17) is 5.73 Å². The molecule has 0 bridgehead atoms. The Morgan fingerprint density at radius 3 is 2.62 bits per heavy atom. The van der Waals surface area contributed by atoms with Crippen LogP contribution >= 0.6 is 0 Å². The van der Waals surface area contributed by atoms with E-state index in [1.165, 1.54) is 0 Å². The van der Waals surface area contributed by atoms with Crippen LogP contribution in [-0.2, 0) is 0 Å². The molecule has 0 aromatic carbocycles. The summed E-state index contributed by atoms with van der Waals surface area (Å²) in [4.78, 5) is 23.0. The minimum atomic E-state index is -2.90. The second kappa shape index (κ2) is 3.34. The summed E-state index contributed by atoms with van der Waals surface area (Å²) < 4.78 is 24.2. The van der Waals surface area contributed by atoms with Gasteiger partial charge in [-0.2, -0.15) is 0 Å². The first kappa shape index (κ1) is 9.37. The second-order valence-electron chi connectivity index (χ2n) is 2.34. The van der Waals surface area contributed by atoms with E-state index in [2.05, 4.69) is 0 Å². The van der Waals surface area contributed by atoms with Crippen LogP contribution in [-0.4, -0.2) is 11.3 Å². The quantitative estimate of drug-likeness (QED) is 0.671. The third-order valence-corrected chi connectivity index (χ3v) is 1.49. The van der Waals surface area contributed by atoms with Crippen LogP contribution < -0.4 is 11.3 Å². The highest BCUT2D eigenvalue weighted by Crippen LogP contribution is 2.17. The standard InChI is InChI=1S/C7H6F2N2O2/c8-6(9)3-1-4(10)5(2-12)11-7(3)13/h1-2,6H,10H2,(H,11,13). The van der Waals surface area contributed by atoms with Crippen molar-refractivity contribution in [3.63, 3.8) is 0 Å². The number of aromatic amines is 1. The molecule has 0 unspecified atom stereocenters. The summed E-state index contributed by atoms with van der Waals surface area (Å²) in [5, 5.41) is 0. The maximum Gasteiger partial charge on any atom is 0.269 e. The van der Waals surface area contributed by atoms with Gasteiger partial charge in [-0.1, -0.05) is 0 Å². The van der Waals surface area contributed by atoms with E-state index in [0.717, 1.165) is 6.07 Å². The molecule has 0 amide bonds. The Morgan fingerprint density at radius 2 is 2.15 bits per heavy atom. The van der Waals surface area contributed by atoms with Gasteiger partial charge < -0.3 is 10.7 Å². The van der Waals surface area contributed by atoms with Gasteiger partial charge in [0.15, 0.2) is 6.29 Å². The van der Waals surface area contributed by atoms with Crippen LogP contribution in [0.3, 0.4) is 0 Å². The van der Waals surface area contributed by atoms with Crippen molar-refractivity contribution in [3.05, 3.63) is 27.7 Å². The van der Waals surface area contributed by atoms with Crippen LogP contribution in [0.1, 0.15) is 22.5 Å². The molecule has 1 rings (SSSR count). The monoisotopic (exact) mass is 188 g/mol. The lowest BCUT2D eigenvalue weighted by Crippen LogP contribution is -2.16. The average molecular weight is 188 g/mol. The van der Waals surface area contributed by atoms with Gasteiger partial charge in [0.2, 0.25) is 0 Å². The average Bonchev–Trinajstić information content (AvgIpc) is 2.07. The van der Waals surface area contributed by atoms with Gasteiger partial charge in [-0.15, -0.1) is 0 Å². The van der Waals surface area contributed by atoms with E-state index in [9.17, 15) is 18.4 Å². The first-order chi connectivity index (χ1) is 6.06. The van der Waals surface area contributed by atoms with E-state index >= 15 is 0 Å². The Kier molecular flexibility index (Phi) is 2.41. The van der Waals surface area contributed by atoms with Gasteiger partial charge in [0, 0.05) is 0 Å². The normalized spacial score (nSPS) is 10.4. The fourth-order valence-electron chi connectivity index (χ4n) is 0.837. The molecule has 0 aliphatic heterocycles. The molecule has 13 heavy (non-hydrogen) atoms. The van der Waals surface area contributed by atoms with E-state index in [-0.39, 0.29) is 11.4 Å². The fraction of sp³-hybridized carbons (Fsp3) is 0.143. The van der Waals surface area contributed by atoms with Gasteiger partial charge in [0.25, 0.3) is 12.0 Å². The fourth-order valence-corrected chi connectivity index (χ4v) is 0.837. The molecule has 0 saturated heterocycles. The highest BCUT2D eigenvalue weighted by Gasteiger charge is 2.14. The van der Waals surface area contributed by atoms with Crippen LogP contribution in [0.15, 0.2) is 10.9 Å². The molecular weight excluding hydrogens is 182 g/mol. The number of hydrogen-bond donors (Lipinski definition) is 2. The van der Waals surface area contributed by atoms with Crippen molar-refractivity contribution >= 4 is 12.0 Å². The minimum absolute atomic E-state index is 0.162. The maximum atomic E-state index is 12.1. The molecule has 1 aromatic rings. The number of aromatic nitrogens is 1. The molecule has 0 saturated carbocycles. The number of aldehydes is 1. The summed E-state index contributed by atoms with van der Waals surface area (Å²) in [6.07, 6.45) is -2.60. The minimum Gasteiger partial charge on any atom is -0.397 e. The zero-order valence-electron chi connectivity index (χ0n) is 6.38.